The fourth-order valence-corrected chi connectivity index (χ4v) is 3.20. The van der Waals surface area contributed by atoms with Crippen LogP contribution in [0.4, 0.5) is 0 Å². The molecule has 1 N–H and O–H groups in total. The third-order valence-electron chi connectivity index (χ3n) is 3.49. The Labute approximate surface area is 120 Å². The van der Waals surface area contributed by atoms with Crippen molar-refractivity contribution in [1.29, 1.82) is 0 Å². The number of fused-ring (bicyclic) bond motifs is 1. The van der Waals surface area contributed by atoms with Gasteiger partial charge in [-0.1, -0.05) is 6.07 Å². The number of rotatable bonds is 3. The number of nitrogens with zero attached hydrogens (tertiary/aromatic N) is 2. The molecule has 0 amide bonds. The molecule has 2 heterocycles. The number of carboxylic acids is 1. The number of thiophene rings is 1. The molecule has 0 aliphatic carbocycles. The van der Waals surface area contributed by atoms with E-state index in [1.54, 1.807) is 23.5 Å². The molecule has 20 heavy (non-hydrogen) atoms. The van der Waals surface area contributed by atoms with Crippen LogP contribution >= 0.6 is 11.3 Å². The van der Waals surface area contributed by atoms with Gasteiger partial charge in [-0.15, -0.1) is 0 Å². The minimum Gasteiger partial charge on any atom is -0.478 e. The third kappa shape index (κ3) is 2.00. The number of hydrogen-bond acceptors (Lipinski definition) is 3. The molecule has 0 atom stereocenters. The van der Waals surface area contributed by atoms with Crippen LogP contribution in [-0.4, -0.2) is 20.6 Å². The summed E-state index contributed by atoms with van der Waals surface area (Å²) in [4.78, 5) is 15.7. The zero-order valence-corrected chi connectivity index (χ0v) is 12.1. The lowest BCUT2D eigenvalue weighted by atomic mass is 10.2. The second-order valence-corrected chi connectivity index (χ2v) is 5.55. The number of aromatic carboxylic acids is 1. The largest absolute Gasteiger partial charge is 0.478 e. The second kappa shape index (κ2) is 4.76. The molecule has 0 unspecified atom stereocenters. The predicted octanol–water partition coefficient (Wildman–Crippen LogP) is 3.46. The van der Waals surface area contributed by atoms with Crippen molar-refractivity contribution in [3.05, 3.63) is 51.5 Å². The van der Waals surface area contributed by atoms with E-state index in [1.165, 1.54) is 11.1 Å². The Bertz CT molecular complexity index is 801. The summed E-state index contributed by atoms with van der Waals surface area (Å²) in [5, 5.41) is 13.5. The van der Waals surface area contributed by atoms with E-state index in [-0.39, 0.29) is 5.56 Å². The van der Waals surface area contributed by atoms with Gasteiger partial charge in [-0.05, 0) is 47.9 Å². The monoisotopic (exact) mass is 286 g/mol. The Balaban J connectivity index is 2.17. The van der Waals surface area contributed by atoms with Crippen molar-refractivity contribution >= 4 is 28.3 Å². The molecule has 4 nitrogen and oxygen atoms in total. The lowest BCUT2D eigenvalue weighted by Gasteiger charge is -2.06. The Hall–Kier alpha value is -2.14. The topological polar surface area (TPSA) is 55.1 Å². The lowest BCUT2D eigenvalue weighted by molar-refractivity contribution is 0.0699. The van der Waals surface area contributed by atoms with Gasteiger partial charge >= 0.3 is 5.97 Å². The SMILES string of the molecule is Cc1cscc1Cn1c(C)nc2c(C(=O)O)cccc21. The highest BCUT2D eigenvalue weighted by Crippen LogP contribution is 2.23. The molecule has 2 aromatic heterocycles. The molecule has 102 valence electrons. The maximum absolute atomic E-state index is 11.3. The Kier molecular flexibility index (Phi) is 3.06. The molecule has 0 aliphatic heterocycles. The van der Waals surface area contributed by atoms with E-state index < -0.39 is 5.97 Å². The van der Waals surface area contributed by atoms with Crippen LogP contribution in [-0.2, 0) is 6.54 Å². The standard InChI is InChI=1S/C15H14N2O2S/c1-9-7-20-8-11(9)6-17-10(2)16-14-12(15(18)19)4-3-5-13(14)17/h3-5,7-8H,6H2,1-2H3,(H,18,19). The molecule has 0 fully saturated rings. The Morgan fingerprint density at radius 3 is 2.80 bits per heavy atom. The van der Waals surface area contributed by atoms with Gasteiger partial charge in [-0.2, -0.15) is 11.3 Å². The summed E-state index contributed by atoms with van der Waals surface area (Å²) < 4.78 is 2.07. The molecule has 1 aromatic carbocycles. The Morgan fingerprint density at radius 2 is 2.15 bits per heavy atom. The van der Waals surface area contributed by atoms with Crippen molar-refractivity contribution in [1.82, 2.24) is 9.55 Å². The van der Waals surface area contributed by atoms with E-state index >= 15 is 0 Å². The number of benzene rings is 1. The average molecular weight is 286 g/mol. The van der Waals surface area contributed by atoms with Crippen molar-refractivity contribution in [3.63, 3.8) is 0 Å². The highest BCUT2D eigenvalue weighted by molar-refractivity contribution is 7.08. The zero-order valence-electron chi connectivity index (χ0n) is 11.3. The molecule has 3 rings (SSSR count). The number of carbonyl (C=O) groups is 1. The maximum atomic E-state index is 11.3. The van der Waals surface area contributed by atoms with Gasteiger partial charge in [-0.25, -0.2) is 9.78 Å². The van der Waals surface area contributed by atoms with Gasteiger partial charge in [0.1, 0.15) is 11.3 Å². The van der Waals surface area contributed by atoms with Crippen LogP contribution in [0.2, 0.25) is 0 Å². The smallest absolute Gasteiger partial charge is 0.337 e. The summed E-state index contributed by atoms with van der Waals surface area (Å²) in [6, 6.07) is 5.28. The van der Waals surface area contributed by atoms with Crippen LogP contribution in [0.1, 0.15) is 27.3 Å². The number of para-hydroxylation sites is 1. The number of aryl methyl sites for hydroxylation is 2. The van der Waals surface area contributed by atoms with Crippen molar-refractivity contribution in [2.75, 3.05) is 0 Å². The summed E-state index contributed by atoms with van der Waals surface area (Å²) in [6.45, 7) is 4.72. The molecule has 0 radical (unpaired) electrons. The lowest BCUT2D eigenvalue weighted by Crippen LogP contribution is -2.02. The second-order valence-electron chi connectivity index (χ2n) is 4.80. The quantitative estimate of drug-likeness (QED) is 0.802. The summed E-state index contributed by atoms with van der Waals surface area (Å²) in [7, 11) is 0. The van der Waals surface area contributed by atoms with Crippen LogP contribution in [0.15, 0.2) is 29.0 Å². The maximum Gasteiger partial charge on any atom is 0.337 e. The van der Waals surface area contributed by atoms with E-state index in [1.807, 2.05) is 13.0 Å². The third-order valence-corrected chi connectivity index (χ3v) is 4.40. The van der Waals surface area contributed by atoms with Crippen LogP contribution in [0.5, 0.6) is 0 Å². The molecule has 0 aliphatic rings. The first kappa shape index (κ1) is 12.9. The molecule has 0 saturated carbocycles. The highest BCUT2D eigenvalue weighted by Gasteiger charge is 2.15. The Morgan fingerprint density at radius 1 is 1.35 bits per heavy atom. The zero-order chi connectivity index (χ0) is 14.3. The van der Waals surface area contributed by atoms with E-state index in [9.17, 15) is 9.90 Å². The fraction of sp³-hybridized carbons (Fsp3) is 0.200. The molecule has 5 heteroatoms. The van der Waals surface area contributed by atoms with E-state index in [0.717, 1.165) is 17.9 Å². The molecule has 0 bridgehead atoms. The summed E-state index contributed by atoms with van der Waals surface area (Å²) in [6.07, 6.45) is 0. The molecular formula is C15H14N2O2S. The van der Waals surface area contributed by atoms with Gasteiger partial charge in [0.25, 0.3) is 0 Å². The van der Waals surface area contributed by atoms with Crippen LogP contribution in [0.25, 0.3) is 11.0 Å². The number of carboxylic acid groups (broad SMARTS) is 1. The van der Waals surface area contributed by atoms with Crippen molar-refractivity contribution in [3.8, 4) is 0 Å². The predicted molar refractivity (Wildman–Crippen MR) is 79.6 cm³/mol. The summed E-state index contributed by atoms with van der Waals surface area (Å²) in [5.41, 5.74) is 4.19. The first-order valence-electron chi connectivity index (χ1n) is 6.28. The normalized spacial score (nSPS) is 11.1. The minimum atomic E-state index is -0.938. The van der Waals surface area contributed by atoms with Crippen molar-refractivity contribution in [2.45, 2.75) is 20.4 Å². The van der Waals surface area contributed by atoms with Crippen molar-refractivity contribution < 1.29 is 9.90 Å². The minimum absolute atomic E-state index is 0.256. The fourth-order valence-electron chi connectivity index (χ4n) is 2.35. The molecule has 0 spiro atoms. The van der Waals surface area contributed by atoms with Gasteiger partial charge in [0, 0.05) is 0 Å². The molecule has 0 saturated heterocycles. The van der Waals surface area contributed by atoms with E-state index in [0.29, 0.717) is 5.52 Å². The summed E-state index contributed by atoms with van der Waals surface area (Å²) in [5.74, 6) is -0.105. The highest BCUT2D eigenvalue weighted by atomic mass is 32.1. The van der Waals surface area contributed by atoms with Gasteiger partial charge in [0.2, 0.25) is 0 Å². The number of hydrogen-bond donors (Lipinski definition) is 1. The van der Waals surface area contributed by atoms with E-state index in [4.69, 9.17) is 0 Å². The molecular weight excluding hydrogens is 272 g/mol. The average Bonchev–Trinajstić information content (AvgIpc) is 2.94. The van der Waals surface area contributed by atoms with Crippen molar-refractivity contribution in [2.24, 2.45) is 0 Å². The summed E-state index contributed by atoms with van der Waals surface area (Å²) >= 11 is 1.68. The molecule has 3 aromatic rings. The van der Waals surface area contributed by atoms with Crippen LogP contribution in [0.3, 0.4) is 0 Å². The van der Waals surface area contributed by atoms with E-state index in [2.05, 4.69) is 27.2 Å². The van der Waals surface area contributed by atoms with Gasteiger partial charge in [-0.3, -0.25) is 0 Å². The first-order chi connectivity index (χ1) is 9.58. The van der Waals surface area contributed by atoms with Crippen LogP contribution in [0, 0.1) is 13.8 Å². The number of imidazole rings is 1. The number of aromatic nitrogens is 2. The van der Waals surface area contributed by atoms with Gasteiger partial charge < -0.3 is 9.67 Å². The van der Waals surface area contributed by atoms with Crippen LogP contribution < -0.4 is 0 Å². The van der Waals surface area contributed by atoms with Gasteiger partial charge in [0.15, 0.2) is 0 Å². The van der Waals surface area contributed by atoms with Gasteiger partial charge in [0.05, 0.1) is 17.6 Å². The first-order valence-corrected chi connectivity index (χ1v) is 7.23.